The van der Waals surface area contributed by atoms with Crippen molar-refractivity contribution in [2.24, 2.45) is 4.99 Å². The van der Waals surface area contributed by atoms with Crippen LogP contribution in [0.5, 0.6) is 0 Å². The molecule has 0 saturated heterocycles. The van der Waals surface area contributed by atoms with Crippen LogP contribution in [0.25, 0.3) is 0 Å². The van der Waals surface area contributed by atoms with E-state index in [0.29, 0.717) is 28.4 Å². The van der Waals surface area contributed by atoms with E-state index in [0.717, 1.165) is 6.26 Å². The summed E-state index contributed by atoms with van der Waals surface area (Å²) in [4.78, 5) is 18.4. The Morgan fingerprint density at radius 3 is 2.63 bits per heavy atom. The van der Waals surface area contributed by atoms with E-state index in [1.54, 1.807) is 36.4 Å². The first-order valence-electron chi connectivity index (χ1n) is 8.33. The van der Waals surface area contributed by atoms with Crippen LogP contribution in [0.15, 0.2) is 47.5 Å². The Bertz CT molecular complexity index is 1020. The lowest BCUT2D eigenvalue weighted by Crippen LogP contribution is -2.34. The zero-order valence-electron chi connectivity index (χ0n) is 14.7. The first-order valence-corrected chi connectivity index (χ1v) is 10.8. The van der Waals surface area contributed by atoms with Crippen molar-refractivity contribution < 1.29 is 17.6 Å². The van der Waals surface area contributed by atoms with Crippen LogP contribution in [0.2, 0.25) is 5.02 Å². The molecule has 1 amide bonds. The van der Waals surface area contributed by atoms with Crippen LogP contribution in [0.4, 0.5) is 10.1 Å². The third-order valence-corrected chi connectivity index (χ3v) is 5.47. The number of nitrogens with zero attached hydrogens (tertiary/aromatic N) is 2. The maximum absolute atomic E-state index is 14.4. The number of aliphatic imine (C=N–C) groups is 1. The zero-order chi connectivity index (χ0) is 19.6. The summed E-state index contributed by atoms with van der Waals surface area (Å²) in [5.74, 6) is -0.751. The molecule has 0 unspecified atom stereocenters. The second kappa shape index (κ2) is 7.78. The molecule has 0 aliphatic carbocycles. The lowest BCUT2D eigenvalue weighted by molar-refractivity contribution is -0.117. The van der Waals surface area contributed by atoms with Gasteiger partial charge in [-0.3, -0.25) is 9.79 Å². The van der Waals surface area contributed by atoms with Crippen molar-refractivity contribution in [1.82, 2.24) is 0 Å². The molecule has 27 heavy (non-hydrogen) atoms. The Hall–Kier alpha value is -2.25. The molecule has 2 aromatic rings. The smallest absolute Gasteiger partial charge is 0.248 e. The molecular formula is C19H18ClFN2O3S. The second-order valence-corrected chi connectivity index (χ2v) is 9.03. The molecule has 8 heteroatoms. The van der Waals surface area contributed by atoms with E-state index in [-0.39, 0.29) is 30.3 Å². The maximum atomic E-state index is 14.4. The Morgan fingerprint density at radius 1 is 1.19 bits per heavy atom. The molecule has 0 N–H and O–H groups in total. The van der Waals surface area contributed by atoms with Crippen LogP contribution >= 0.6 is 11.6 Å². The van der Waals surface area contributed by atoms with Gasteiger partial charge in [0.2, 0.25) is 5.91 Å². The molecule has 5 nitrogen and oxygen atoms in total. The normalized spacial score (nSPS) is 14.6. The van der Waals surface area contributed by atoms with Crippen LogP contribution in [0.3, 0.4) is 0 Å². The number of hydrogen-bond acceptors (Lipinski definition) is 4. The summed E-state index contributed by atoms with van der Waals surface area (Å²) < 4.78 is 37.2. The highest BCUT2D eigenvalue weighted by molar-refractivity contribution is 7.90. The van der Waals surface area contributed by atoms with Crippen molar-refractivity contribution in [3.63, 3.8) is 0 Å². The predicted molar refractivity (Wildman–Crippen MR) is 105 cm³/mol. The van der Waals surface area contributed by atoms with Crippen molar-refractivity contribution in [2.45, 2.75) is 6.42 Å². The van der Waals surface area contributed by atoms with Crippen LogP contribution in [0.1, 0.15) is 17.5 Å². The highest BCUT2D eigenvalue weighted by Gasteiger charge is 2.26. The molecule has 0 atom stereocenters. The number of fused-ring (bicyclic) bond motifs is 1. The molecule has 0 saturated carbocycles. The fourth-order valence-electron chi connectivity index (χ4n) is 3.00. The maximum Gasteiger partial charge on any atom is 0.248 e. The monoisotopic (exact) mass is 408 g/mol. The van der Waals surface area contributed by atoms with Gasteiger partial charge in [-0.25, -0.2) is 12.8 Å². The number of anilines is 1. The molecule has 2 aromatic carbocycles. The molecule has 0 fully saturated rings. The largest absolute Gasteiger partial charge is 0.310 e. The summed E-state index contributed by atoms with van der Waals surface area (Å²) in [5.41, 5.74) is 1.71. The summed E-state index contributed by atoms with van der Waals surface area (Å²) in [6.45, 7) is 0.0649. The van der Waals surface area contributed by atoms with Crippen LogP contribution in [0, 0.1) is 5.82 Å². The lowest BCUT2D eigenvalue weighted by atomic mass is 9.99. The number of sulfone groups is 1. The highest BCUT2D eigenvalue weighted by Crippen LogP contribution is 2.30. The number of rotatable bonds is 5. The van der Waals surface area contributed by atoms with E-state index in [9.17, 15) is 17.6 Å². The van der Waals surface area contributed by atoms with Gasteiger partial charge in [0.15, 0.2) is 0 Å². The molecule has 0 radical (unpaired) electrons. The van der Waals surface area contributed by atoms with Gasteiger partial charge in [-0.05, 0) is 36.8 Å². The van der Waals surface area contributed by atoms with Crippen molar-refractivity contribution >= 4 is 38.7 Å². The van der Waals surface area contributed by atoms with Crippen molar-refractivity contribution in [3.05, 3.63) is 64.4 Å². The van der Waals surface area contributed by atoms with Gasteiger partial charge in [-0.1, -0.05) is 23.7 Å². The molecule has 1 heterocycles. The number of carbonyl (C=O) groups is 1. The van der Waals surface area contributed by atoms with Crippen LogP contribution in [-0.4, -0.2) is 45.1 Å². The topological polar surface area (TPSA) is 66.8 Å². The zero-order valence-corrected chi connectivity index (χ0v) is 16.2. The minimum Gasteiger partial charge on any atom is -0.310 e. The summed E-state index contributed by atoms with van der Waals surface area (Å²) in [7, 11) is -3.13. The van der Waals surface area contributed by atoms with E-state index in [1.165, 1.54) is 11.0 Å². The van der Waals surface area contributed by atoms with E-state index in [2.05, 4.69) is 4.99 Å². The van der Waals surface area contributed by atoms with Gasteiger partial charge in [0, 0.05) is 29.0 Å². The van der Waals surface area contributed by atoms with Crippen molar-refractivity contribution in [3.8, 4) is 0 Å². The van der Waals surface area contributed by atoms with Gasteiger partial charge in [0.05, 0.1) is 17.2 Å². The average molecular weight is 409 g/mol. The highest BCUT2D eigenvalue weighted by atomic mass is 35.5. The van der Waals surface area contributed by atoms with E-state index in [1.807, 2.05) is 0 Å². The molecule has 3 rings (SSSR count). The van der Waals surface area contributed by atoms with E-state index in [4.69, 9.17) is 11.6 Å². The second-order valence-electron chi connectivity index (χ2n) is 6.33. The van der Waals surface area contributed by atoms with Crippen LogP contribution in [-0.2, 0) is 14.6 Å². The Balaban J connectivity index is 2.04. The Labute approximate surface area is 162 Å². The van der Waals surface area contributed by atoms with Crippen molar-refractivity contribution in [2.75, 3.05) is 30.0 Å². The summed E-state index contributed by atoms with van der Waals surface area (Å²) in [5, 5.41) is 0.434. The number of benzene rings is 2. The number of benzodiazepines with no additional fused rings is 1. The van der Waals surface area contributed by atoms with Gasteiger partial charge in [-0.15, -0.1) is 0 Å². The number of hydrogen-bond donors (Lipinski definition) is 0. The fourth-order valence-corrected chi connectivity index (χ4v) is 3.82. The van der Waals surface area contributed by atoms with Crippen LogP contribution < -0.4 is 4.90 Å². The van der Waals surface area contributed by atoms with Gasteiger partial charge < -0.3 is 4.90 Å². The number of halogens is 2. The average Bonchev–Trinajstić information content (AvgIpc) is 2.72. The third-order valence-electron chi connectivity index (χ3n) is 4.20. The van der Waals surface area contributed by atoms with Gasteiger partial charge in [0.1, 0.15) is 22.2 Å². The Kier molecular flexibility index (Phi) is 5.62. The minimum atomic E-state index is -3.13. The first-order chi connectivity index (χ1) is 12.8. The van der Waals surface area contributed by atoms with Crippen molar-refractivity contribution in [1.29, 1.82) is 0 Å². The molecular weight excluding hydrogens is 391 g/mol. The predicted octanol–water partition coefficient (Wildman–Crippen LogP) is 3.10. The Morgan fingerprint density at radius 2 is 1.93 bits per heavy atom. The SMILES string of the molecule is CS(=O)(=O)CCCN1C(=O)CN=C(c2ccccc2F)c2cc(Cl)ccc21. The quantitative estimate of drug-likeness (QED) is 0.763. The fraction of sp³-hybridized carbons (Fsp3) is 0.263. The van der Waals surface area contributed by atoms with Gasteiger partial charge in [0.25, 0.3) is 0 Å². The van der Waals surface area contributed by atoms with E-state index >= 15 is 0 Å². The minimum absolute atomic E-state index is 0.0271. The first kappa shape index (κ1) is 19.5. The van der Waals surface area contributed by atoms with Gasteiger partial charge >= 0.3 is 0 Å². The third kappa shape index (κ3) is 4.54. The number of carbonyl (C=O) groups excluding carboxylic acids is 1. The lowest BCUT2D eigenvalue weighted by Gasteiger charge is -2.23. The summed E-state index contributed by atoms with van der Waals surface area (Å²) in [6.07, 6.45) is 1.45. The molecule has 0 aromatic heterocycles. The molecule has 1 aliphatic heterocycles. The number of amides is 1. The summed E-state index contributed by atoms with van der Waals surface area (Å²) in [6, 6.07) is 11.2. The van der Waals surface area contributed by atoms with E-state index < -0.39 is 15.7 Å². The molecule has 0 bridgehead atoms. The molecule has 0 spiro atoms. The standard InChI is InChI=1S/C19H18ClFN2O3S/c1-27(25,26)10-4-9-23-17-8-7-13(20)11-15(17)19(22-12-18(23)24)14-5-2-3-6-16(14)21/h2-3,5-8,11H,4,9-10,12H2,1H3. The summed E-state index contributed by atoms with van der Waals surface area (Å²) >= 11 is 6.14. The molecule has 142 valence electrons. The molecule has 1 aliphatic rings. The van der Waals surface area contributed by atoms with Gasteiger partial charge in [-0.2, -0.15) is 0 Å².